The lowest BCUT2D eigenvalue weighted by Crippen LogP contribution is -2.30. The van der Waals surface area contributed by atoms with Crippen LogP contribution < -0.4 is 0 Å². The van der Waals surface area contributed by atoms with E-state index in [1.165, 1.54) is 0 Å². The lowest BCUT2D eigenvalue weighted by Gasteiger charge is -2.17. The summed E-state index contributed by atoms with van der Waals surface area (Å²) >= 11 is 0. The van der Waals surface area contributed by atoms with E-state index < -0.39 is 10.0 Å². The molecule has 0 amide bonds. The first kappa shape index (κ1) is 17.2. The van der Waals surface area contributed by atoms with Crippen molar-refractivity contribution in [3.05, 3.63) is 53.6 Å². The monoisotopic (exact) mass is 347 g/mol. The molecule has 6 heteroatoms. The molecule has 130 valence electrons. The Morgan fingerprint density at radius 3 is 2.71 bits per heavy atom. The number of nitrogens with zero attached hydrogens (tertiary/aromatic N) is 3. The predicted molar refractivity (Wildman–Crippen MR) is 95.3 cm³/mol. The number of aryl methyl sites for hydroxylation is 1. The Morgan fingerprint density at radius 2 is 2.00 bits per heavy atom. The zero-order valence-corrected chi connectivity index (χ0v) is 15.2. The molecule has 3 rings (SSSR count). The molecule has 2 heterocycles. The van der Waals surface area contributed by atoms with Crippen molar-refractivity contribution in [1.82, 2.24) is 13.9 Å². The van der Waals surface area contributed by atoms with Gasteiger partial charge in [-0.1, -0.05) is 37.3 Å². The molecule has 0 spiro atoms. The average Bonchev–Trinajstić information content (AvgIpc) is 3.17. The number of aromatic nitrogens is 2. The summed E-state index contributed by atoms with van der Waals surface area (Å²) in [4.78, 5) is 4.56. The van der Waals surface area contributed by atoms with Gasteiger partial charge in [0.1, 0.15) is 5.82 Å². The van der Waals surface area contributed by atoms with Gasteiger partial charge in [-0.2, -0.15) is 0 Å². The Labute approximate surface area is 144 Å². The zero-order chi connectivity index (χ0) is 17.2. The van der Waals surface area contributed by atoms with E-state index in [2.05, 4.69) is 23.4 Å². The number of rotatable bonds is 6. The first-order valence-electron chi connectivity index (χ1n) is 8.55. The van der Waals surface area contributed by atoms with E-state index in [4.69, 9.17) is 0 Å². The van der Waals surface area contributed by atoms with Crippen LogP contribution in [-0.2, 0) is 22.3 Å². The molecule has 24 heavy (non-hydrogen) atoms. The van der Waals surface area contributed by atoms with Crippen molar-refractivity contribution < 1.29 is 8.42 Å². The van der Waals surface area contributed by atoms with Gasteiger partial charge in [-0.25, -0.2) is 17.7 Å². The SMILES string of the molecule is CCCn1c(C)cnc1C1CCN(S(=O)(=O)Cc2ccccc2)C1. The third-order valence-electron chi connectivity index (χ3n) is 4.63. The van der Waals surface area contributed by atoms with Gasteiger partial charge in [-0.3, -0.25) is 0 Å². The molecule has 0 radical (unpaired) electrons. The molecule has 0 N–H and O–H groups in total. The van der Waals surface area contributed by atoms with Gasteiger partial charge in [0, 0.05) is 37.4 Å². The largest absolute Gasteiger partial charge is 0.332 e. The van der Waals surface area contributed by atoms with Gasteiger partial charge in [0.2, 0.25) is 10.0 Å². The highest BCUT2D eigenvalue weighted by Gasteiger charge is 2.34. The summed E-state index contributed by atoms with van der Waals surface area (Å²) in [5.74, 6) is 1.30. The number of imidazole rings is 1. The minimum absolute atomic E-state index is 0.0724. The van der Waals surface area contributed by atoms with Crippen molar-refractivity contribution in [1.29, 1.82) is 0 Å². The minimum Gasteiger partial charge on any atom is -0.332 e. The molecule has 2 aromatic rings. The highest BCUT2D eigenvalue weighted by Crippen LogP contribution is 2.29. The number of hydrogen-bond acceptors (Lipinski definition) is 3. The van der Waals surface area contributed by atoms with Crippen molar-refractivity contribution in [2.24, 2.45) is 0 Å². The molecule has 1 atom stereocenters. The second kappa shape index (κ2) is 7.07. The highest BCUT2D eigenvalue weighted by molar-refractivity contribution is 7.88. The van der Waals surface area contributed by atoms with Gasteiger partial charge >= 0.3 is 0 Å². The Hall–Kier alpha value is -1.66. The Kier molecular flexibility index (Phi) is 5.06. The molecule has 1 aromatic carbocycles. The predicted octanol–water partition coefficient (Wildman–Crippen LogP) is 2.92. The fraction of sp³-hybridized carbons (Fsp3) is 0.500. The quantitative estimate of drug-likeness (QED) is 0.807. The van der Waals surface area contributed by atoms with E-state index in [1.807, 2.05) is 36.5 Å². The van der Waals surface area contributed by atoms with E-state index >= 15 is 0 Å². The molecule has 1 fully saturated rings. The summed E-state index contributed by atoms with van der Waals surface area (Å²) in [6, 6.07) is 9.38. The first-order chi connectivity index (χ1) is 11.5. The Morgan fingerprint density at radius 1 is 1.25 bits per heavy atom. The Bertz CT molecular complexity index is 784. The first-order valence-corrected chi connectivity index (χ1v) is 10.2. The minimum atomic E-state index is -3.28. The van der Waals surface area contributed by atoms with Crippen LogP contribution in [0.2, 0.25) is 0 Å². The molecule has 1 saturated heterocycles. The van der Waals surface area contributed by atoms with E-state index in [0.29, 0.717) is 13.1 Å². The molecule has 0 bridgehead atoms. The molecule has 1 unspecified atom stereocenters. The maximum atomic E-state index is 12.7. The lowest BCUT2D eigenvalue weighted by molar-refractivity contribution is 0.467. The normalized spacial score (nSPS) is 19.0. The van der Waals surface area contributed by atoms with E-state index in [0.717, 1.165) is 36.5 Å². The van der Waals surface area contributed by atoms with E-state index in [9.17, 15) is 8.42 Å². The summed E-state index contributed by atoms with van der Waals surface area (Å²) in [6.07, 6.45) is 3.78. The molecule has 1 aliphatic rings. The second-order valence-electron chi connectivity index (χ2n) is 6.49. The van der Waals surface area contributed by atoms with Crippen molar-refractivity contribution in [2.75, 3.05) is 13.1 Å². The van der Waals surface area contributed by atoms with Crippen LogP contribution in [0, 0.1) is 6.92 Å². The Balaban J connectivity index is 1.73. The van der Waals surface area contributed by atoms with Gasteiger partial charge < -0.3 is 4.57 Å². The van der Waals surface area contributed by atoms with Crippen LogP contribution in [-0.4, -0.2) is 35.4 Å². The fourth-order valence-corrected chi connectivity index (χ4v) is 4.97. The number of hydrogen-bond donors (Lipinski definition) is 0. The van der Waals surface area contributed by atoms with Crippen LogP contribution in [0.4, 0.5) is 0 Å². The van der Waals surface area contributed by atoms with Crippen molar-refractivity contribution >= 4 is 10.0 Å². The summed E-state index contributed by atoms with van der Waals surface area (Å²) in [6.45, 7) is 6.27. The zero-order valence-electron chi connectivity index (χ0n) is 14.4. The second-order valence-corrected chi connectivity index (χ2v) is 8.46. The standard InChI is InChI=1S/C18H25N3O2S/c1-3-10-21-15(2)12-19-18(21)17-9-11-20(13-17)24(22,23)14-16-7-5-4-6-8-16/h4-8,12,17H,3,9-11,13-14H2,1-2H3. The van der Waals surface area contributed by atoms with Gasteiger partial charge in [-0.15, -0.1) is 0 Å². The van der Waals surface area contributed by atoms with Crippen LogP contribution in [0.3, 0.4) is 0 Å². The van der Waals surface area contributed by atoms with E-state index in [1.54, 1.807) is 4.31 Å². The molecule has 0 saturated carbocycles. The summed E-state index contributed by atoms with van der Waals surface area (Å²) in [7, 11) is -3.28. The maximum absolute atomic E-state index is 12.7. The number of sulfonamides is 1. The summed E-state index contributed by atoms with van der Waals surface area (Å²) in [5, 5.41) is 0. The molecular formula is C18H25N3O2S. The van der Waals surface area contributed by atoms with Gasteiger partial charge in [0.25, 0.3) is 0 Å². The smallest absolute Gasteiger partial charge is 0.218 e. The molecule has 5 nitrogen and oxygen atoms in total. The summed E-state index contributed by atoms with van der Waals surface area (Å²) in [5.41, 5.74) is 1.99. The molecule has 1 aliphatic heterocycles. The summed E-state index contributed by atoms with van der Waals surface area (Å²) < 4.78 is 29.3. The van der Waals surface area contributed by atoms with E-state index in [-0.39, 0.29) is 11.7 Å². The lowest BCUT2D eigenvalue weighted by atomic mass is 10.1. The maximum Gasteiger partial charge on any atom is 0.218 e. The molecule has 1 aromatic heterocycles. The van der Waals surface area contributed by atoms with Crippen molar-refractivity contribution in [3.8, 4) is 0 Å². The van der Waals surface area contributed by atoms with Crippen molar-refractivity contribution in [3.63, 3.8) is 0 Å². The molecular weight excluding hydrogens is 322 g/mol. The van der Waals surface area contributed by atoms with Crippen LogP contribution in [0.15, 0.2) is 36.5 Å². The van der Waals surface area contributed by atoms with Crippen molar-refractivity contribution in [2.45, 2.75) is 44.9 Å². The van der Waals surface area contributed by atoms with Crippen LogP contribution in [0.25, 0.3) is 0 Å². The van der Waals surface area contributed by atoms with Crippen LogP contribution in [0.1, 0.15) is 42.8 Å². The average molecular weight is 347 g/mol. The third-order valence-corrected chi connectivity index (χ3v) is 6.45. The third kappa shape index (κ3) is 3.54. The fourth-order valence-electron chi connectivity index (χ4n) is 3.39. The number of benzene rings is 1. The van der Waals surface area contributed by atoms with Crippen LogP contribution in [0.5, 0.6) is 0 Å². The van der Waals surface area contributed by atoms with Gasteiger partial charge in [0.05, 0.1) is 5.75 Å². The van der Waals surface area contributed by atoms with Gasteiger partial charge in [-0.05, 0) is 25.3 Å². The highest BCUT2D eigenvalue weighted by atomic mass is 32.2. The van der Waals surface area contributed by atoms with Crippen LogP contribution >= 0.6 is 0 Å². The van der Waals surface area contributed by atoms with Gasteiger partial charge in [0.15, 0.2) is 0 Å². The topological polar surface area (TPSA) is 55.2 Å². The molecule has 0 aliphatic carbocycles.